The monoisotopic (exact) mass is 288 g/mol. The summed E-state index contributed by atoms with van der Waals surface area (Å²) in [4.78, 5) is 3.99. The van der Waals surface area contributed by atoms with Gasteiger partial charge in [-0.3, -0.25) is 9.19 Å². The number of rotatable bonds is 4. The fourth-order valence-electron chi connectivity index (χ4n) is 1.48. The van der Waals surface area contributed by atoms with E-state index in [0.29, 0.717) is 0 Å². The van der Waals surface area contributed by atoms with Crippen molar-refractivity contribution in [3.05, 3.63) is 22.9 Å². The topological polar surface area (TPSA) is 42.0 Å². The number of nitrogens with zero attached hydrogens (tertiary/aromatic N) is 1. The molecule has 1 aliphatic rings. The minimum atomic E-state index is -0.738. The van der Waals surface area contributed by atoms with Crippen LogP contribution in [0.1, 0.15) is 12.8 Å². The average molecular weight is 289 g/mol. The Hall–Kier alpha value is -0.420. The van der Waals surface area contributed by atoms with Crippen LogP contribution in [0.5, 0.6) is 0 Å². The lowest BCUT2D eigenvalue weighted by Crippen LogP contribution is -2.26. The summed E-state index contributed by atoms with van der Waals surface area (Å²) in [6.07, 6.45) is 7.41. The number of hydrogen-bond donors (Lipinski definition) is 1. The summed E-state index contributed by atoms with van der Waals surface area (Å²) in [5.74, 6) is 0. The molecule has 0 spiro atoms. The van der Waals surface area contributed by atoms with Crippen LogP contribution in [0.25, 0.3) is 0 Å². The lowest BCUT2D eigenvalue weighted by molar-refractivity contribution is 0.674. The van der Waals surface area contributed by atoms with E-state index in [4.69, 9.17) is 0 Å². The van der Waals surface area contributed by atoms with E-state index in [-0.39, 0.29) is 4.75 Å². The molecular weight excluding hydrogens is 276 g/mol. The van der Waals surface area contributed by atoms with Gasteiger partial charge in [-0.25, -0.2) is 0 Å². The molecule has 1 saturated carbocycles. The van der Waals surface area contributed by atoms with Crippen LogP contribution in [0.3, 0.4) is 0 Å². The Kier molecular flexibility index (Phi) is 3.11. The van der Waals surface area contributed by atoms with Crippen molar-refractivity contribution in [3.63, 3.8) is 0 Å². The van der Waals surface area contributed by atoms with Gasteiger partial charge in [0.1, 0.15) is 0 Å². The van der Waals surface area contributed by atoms with Gasteiger partial charge in [-0.1, -0.05) is 0 Å². The quantitative estimate of drug-likeness (QED) is 0.923. The van der Waals surface area contributed by atoms with Crippen LogP contribution in [-0.4, -0.2) is 26.7 Å². The van der Waals surface area contributed by atoms with Crippen molar-refractivity contribution < 1.29 is 4.21 Å². The highest BCUT2D eigenvalue weighted by molar-refractivity contribution is 9.10. The third kappa shape index (κ3) is 2.39. The van der Waals surface area contributed by atoms with Crippen LogP contribution in [0, 0.1) is 0 Å². The molecule has 0 aliphatic heterocycles. The maximum absolute atomic E-state index is 11.5. The first-order valence-corrected chi connectivity index (χ1v) is 7.16. The van der Waals surface area contributed by atoms with E-state index in [1.54, 1.807) is 18.6 Å². The molecule has 0 saturated heterocycles. The molecule has 1 unspecified atom stereocenters. The van der Waals surface area contributed by atoms with Gasteiger partial charge in [-0.05, 0) is 34.8 Å². The van der Waals surface area contributed by atoms with Crippen molar-refractivity contribution in [2.45, 2.75) is 17.6 Å². The predicted octanol–water partition coefficient (Wildman–Crippen LogP) is 2.17. The van der Waals surface area contributed by atoms with Crippen molar-refractivity contribution in [1.29, 1.82) is 0 Å². The Bertz CT molecular complexity index is 393. The number of aromatic nitrogens is 1. The lowest BCUT2D eigenvalue weighted by atomic mass is 10.3. The Balaban J connectivity index is 2.00. The minimum Gasteiger partial charge on any atom is -0.383 e. The molecule has 1 fully saturated rings. The van der Waals surface area contributed by atoms with Gasteiger partial charge in [0.2, 0.25) is 0 Å². The summed E-state index contributed by atoms with van der Waals surface area (Å²) >= 11 is 3.42. The maximum atomic E-state index is 11.5. The molecule has 3 nitrogen and oxygen atoms in total. The molecule has 15 heavy (non-hydrogen) atoms. The van der Waals surface area contributed by atoms with E-state index in [1.807, 2.05) is 6.07 Å². The van der Waals surface area contributed by atoms with E-state index in [2.05, 4.69) is 26.2 Å². The molecular formula is C10H13BrN2OS. The normalized spacial score (nSPS) is 19.6. The molecule has 1 atom stereocenters. The molecule has 1 heterocycles. The Morgan fingerprint density at radius 3 is 2.93 bits per heavy atom. The zero-order valence-electron chi connectivity index (χ0n) is 8.50. The first kappa shape index (κ1) is 11.1. The molecule has 1 aliphatic carbocycles. The molecule has 5 heteroatoms. The number of nitrogens with one attached hydrogen (secondary N) is 1. The van der Waals surface area contributed by atoms with Gasteiger partial charge < -0.3 is 5.32 Å². The Morgan fingerprint density at radius 2 is 2.40 bits per heavy atom. The fraction of sp³-hybridized carbons (Fsp3) is 0.500. The molecule has 1 aromatic heterocycles. The molecule has 82 valence electrons. The molecule has 0 aromatic carbocycles. The Labute approximate surface area is 100 Å². The lowest BCUT2D eigenvalue weighted by Gasteiger charge is -2.14. The van der Waals surface area contributed by atoms with E-state index >= 15 is 0 Å². The number of halogens is 1. The molecule has 0 radical (unpaired) electrons. The maximum Gasteiger partial charge on any atom is 0.0629 e. The minimum absolute atomic E-state index is 0.0166. The first-order chi connectivity index (χ1) is 7.14. The first-order valence-electron chi connectivity index (χ1n) is 4.81. The van der Waals surface area contributed by atoms with Gasteiger partial charge in [-0.15, -0.1) is 0 Å². The molecule has 0 amide bonds. The summed E-state index contributed by atoms with van der Waals surface area (Å²) in [5, 5.41) is 3.32. The van der Waals surface area contributed by atoms with Crippen LogP contribution >= 0.6 is 15.9 Å². The largest absolute Gasteiger partial charge is 0.383 e. The number of anilines is 1. The summed E-state index contributed by atoms with van der Waals surface area (Å²) in [6.45, 7) is 0.777. The smallest absolute Gasteiger partial charge is 0.0629 e. The van der Waals surface area contributed by atoms with Crippen LogP contribution in [-0.2, 0) is 10.8 Å². The summed E-state index contributed by atoms with van der Waals surface area (Å²) in [7, 11) is -0.738. The molecule has 2 rings (SSSR count). The highest BCUT2D eigenvalue weighted by Crippen LogP contribution is 2.41. The zero-order valence-corrected chi connectivity index (χ0v) is 10.9. The van der Waals surface area contributed by atoms with Crippen LogP contribution in [0.15, 0.2) is 22.9 Å². The van der Waals surface area contributed by atoms with Crippen molar-refractivity contribution in [2.75, 3.05) is 18.1 Å². The highest BCUT2D eigenvalue weighted by Gasteiger charge is 2.46. The van der Waals surface area contributed by atoms with Crippen molar-refractivity contribution in [1.82, 2.24) is 4.98 Å². The molecule has 1 N–H and O–H groups in total. The predicted molar refractivity (Wildman–Crippen MR) is 66.5 cm³/mol. The summed E-state index contributed by atoms with van der Waals surface area (Å²) in [6, 6.07) is 1.92. The van der Waals surface area contributed by atoms with Crippen molar-refractivity contribution in [2.24, 2.45) is 0 Å². The van der Waals surface area contributed by atoms with Crippen molar-refractivity contribution in [3.8, 4) is 0 Å². The third-order valence-electron chi connectivity index (χ3n) is 2.79. The number of pyridine rings is 1. The van der Waals surface area contributed by atoms with Crippen LogP contribution in [0.2, 0.25) is 0 Å². The summed E-state index contributed by atoms with van der Waals surface area (Å²) in [5.41, 5.74) is 1.02. The average Bonchev–Trinajstić information content (AvgIpc) is 2.98. The highest BCUT2D eigenvalue weighted by atomic mass is 79.9. The van der Waals surface area contributed by atoms with Crippen molar-refractivity contribution >= 4 is 32.4 Å². The second kappa shape index (κ2) is 4.22. The molecule has 0 bridgehead atoms. The van der Waals surface area contributed by atoms with E-state index in [0.717, 1.165) is 29.5 Å². The number of hydrogen-bond acceptors (Lipinski definition) is 3. The SMILES string of the molecule is CS(=O)C1(CNc2ccncc2Br)CC1. The van der Waals surface area contributed by atoms with E-state index < -0.39 is 10.8 Å². The van der Waals surface area contributed by atoms with Crippen LogP contribution < -0.4 is 5.32 Å². The van der Waals surface area contributed by atoms with Gasteiger partial charge in [0.05, 0.1) is 14.9 Å². The van der Waals surface area contributed by atoms with Crippen LogP contribution in [0.4, 0.5) is 5.69 Å². The standard InChI is InChI=1S/C10H13BrN2OS/c1-15(14)10(3-4-10)7-13-9-2-5-12-6-8(9)11/h2,5-6H,3-4,7H2,1H3,(H,12,13). The van der Waals surface area contributed by atoms with Gasteiger partial charge in [0, 0.05) is 36.0 Å². The second-order valence-electron chi connectivity index (χ2n) is 3.85. The van der Waals surface area contributed by atoms with Gasteiger partial charge in [0.15, 0.2) is 0 Å². The van der Waals surface area contributed by atoms with Gasteiger partial charge in [-0.2, -0.15) is 0 Å². The van der Waals surface area contributed by atoms with E-state index in [1.165, 1.54) is 0 Å². The third-order valence-corrected chi connectivity index (χ3v) is 5.20. The Morgan fingerprint density at radius 1 is 1.67 bits per heavy atom. The van der Waals surface area contributed by atoms with Gasteiger partial charge in [0.25, 0.3) is 0 Å². The fourth-order valence-corrected chi connectivity index (χ4v) is 2.82. The molecule has 1 aromatic rings. The van der Waals surface area contributed by atoms with Gasteiger partial charge >= 0.3 is 0 Å². The second-order valence-corrected chi connectivity index (χ2v) is 6.47. The zero-order chi connectivity index (χ0) is 10.9. The summed E-state index contributed by atoms with van der Waals surface area (Å²) < 4.78 is 12.4. The van der Waals surface area contributed by atoms with E-state index in [9.17, 15) is 4.21 Å².